The second kappa shape index (κ2) is 64.1. The zero-order valence-corrected chi connectivity index (χ0v) is 60.9. The van der Waals surface area contributed by atoms with Gasteiger partial charge in [0.05, 0.1) is 26.4 Å². The molecule has 0 saturated carbocycles. The molecule has 0 radical (unpaired) electrons. The SMILES string of the molecule is CCCCCCCCCCCCCCCCCCCCC(=O)O[C@H](COC(=O)CCCCCCCCCCCCC(C)CC)COP(=O)(O)OC[C@@H](O)COP(=O)(O)OC[C@@H](COC(=O)CCCCCCCCCC)OC(=O)CCCCCCCCCCC(C)C. The summed E-state index contributed by atoms with van der Waals surface area (Å²) in [6.07, 6.45) is 50.0. The topological polar surface area (TPSA) is 237 Å². The van der Waals surface area contributed by atoms with Gasteiger partial charge in [0.15, 0.2) is 12.2 Å². The van der Waals surface area contributed by atoms with Gasteiger partial charge >= 0.3 is 39.5 Å². The molecule has 0 saturated heterocycles. The van der Waals surface area contributed by atoms with Crippen LogP contribution in [0.25, 0.3) is 0 Å². The maximum absolute atomic E-state index is 13.0. The van der Waals surface area contributed by atoms with Crippen LogP contribution in [0.3, 0.4) is 0 Å². The Morgan fingerprint density at radius 2 is 0.560 bits per heavy atom. The Kier molecular flexibility index (Phi) is 62.7. The summed E-state index contributed by atoms with van der Waals surface area (Å²) in [5.41, 5.74) is 0. The van der Waals surface area contributed by atoms with E-state index >= 15 is 0 Å². The first-order valence-electron chi connectivity index (χ1n) is 37.5. The Labute approximate surface area is 556 Å². The van der Waals surface area contributed by atoms with Crippen molar-refractivity contribution < 1.29 is 80.2 Å². The summed E-state index contributed by atoms with van der Waals surface area (Å²) in [4.78, 5) is 72.5. The second-order valence-electron chi connectivity index (χ2n) is 26.7. The largest absolute Gasteiger partial charge is 0.472 e. The molecule has 0 aromatic carbocycles. The van der Waals surface area contributed by atoms with E-state index in [0.717, 1.165) is 108 Å². The lowest BCUT2D eigenvalue weighted by molar-refractivity contribution is -0.161. The standard InChI is InChI=1S/C72H140O17P2/c1-7-10-12-14-16-18-19-20-21-22-23-24-25-26-31-38-44-50-56-71(76)88-68(61-83-70(75)55-49-43-37-30-28-27-29-35-41-47-53-65(6)9-3)63-87-91(80,81)85-59-66(73)58-84-90(78,79)86-62-67(60-82-69(74)54-48-42-36-17-15-13-11-8-2)89-72(77)57-51-45-39-33-32-34-40-46-52-64(4)5/h64-68,73H,7-63H2,1-6H3,(H,78,79)(H,80,81)/t65?,66-,67+,68+/m0/s1. The average molecular weight is 1340 g/mol. The zero-order chi connectivity index (χ0) is 67.2. The molecule has 0 aromatic heterocycles. The molecule has 0 heterocycles. The molecule has 0 bridgehead atoms. The van der Waals surface area contributed by atoms with Gasteiger partial charge in [-0.1, -0.05) is 318 Å². The van der Waals surface area contributed by atoms with Crippen molar-refractivity contribution in [1.29, 1.82) is 0 Å². The molecule has 17 nitrogen and oxygen atoms in total. The van der Waals surface area contributed by atoms with Crippen LogP contribution in [-0.4, -0.2) is 96.7 Å². The van der Waals surface area contributed by atoms with Crippen LogP contribution in [0.15, 0.2) is 0 Å². The average Bonchev–Trinajstić information content (AvgIpc) is 3.58. The van der Waals surface area contributed by atoms with Gasteiger partial charge in [-0.05, 0) is 37.5 Å². The molecular weight excluding hydrogens is 1200 g/mol. The van der Waals surface area contributed by atoms with Crippen molar-refractivity contribution in [2.45, 2.75) is 387 Å². The van der Waals surface area contributed by atoms with Crippen LogP contribution in [-0.2, 0) is 65.4 Å². The number of carbonyl (C=O) groups is 4. The van der Waals surface area contributed by atoms with E-state index < -0.39 is 97.5 Å². The summed E-state index contributed by atoms with van der Waals surface area (Å²) in [6.45, 7) is 9.53. The molecular formula is C72H140O17P2. The number of unbranched alkanes of at least 4 members (excludes halogenated alkanes) is 40. The van der Waals surface area contributed by atoms with Crippen molar-refractivity contribution in [3.8, 4) is 0 Å². The normalized spacial score (nSPS) is 14.4. The highest BCUT2D eigenvalue weighted by atomic mass is 31.2. The third kappa shape index (κ3) is 65.1. The van der Waals surface area contributed by atoms with Crippen molar-refractivity contribution in [3.05, 3.63) is 0 Å². The predicted octanol–water partition coefficient (Wildman–Crippen LogP) is 20.8. The number of hydrogen-bond acceptors (Lipinski definition) is 15. The lowest BCUT2D eigenvalue weighted by Crippen LogP contribution is -2.30. The summed E-state index contributed by atoms with van der Waals surface area (Å²) in [5.74, 6) is -0.597. The third-order valence-electron chi connectivity index (χ3n) is 17.1. The van der Waals surface area contributed by atoms with E-state index in [1.165, 1.54) is 180 Å². The van der Waals surface area contributed by atoms with Gasteiger partial charge < -0.3 is 33.8 Å². The van der Waals surface area contributed by atoms with Crippen molar-refractivity contribution in [2.75, 3.05) is 39.6 Å². The number of phosphoric ester groups is 2. The van der Waals surface area contributed by atoms with Gasteiger partial charge in [0, 0.05) is 25.7 Å². The summed E-state index contributed by atoms with van der Waals surface area (Å²) in [6, 6.07) is 0. The molecule has 3 N–H and O–H groups in total. The summed E-state index contributed by atoms with van der Waals surface area (Å²) in [7, 11) is -9.90. The Bertz CT molecular complexity index is 1770. The van der Waals surface area contributed by atoms with E-state index in [2.05, 4.69) is 41.5 Å². The fourth-order valence-electron chi connectivity index (χ4n) is 10.9. The maximum atomic E-state index is 13.0. The Balaban J connectivity index is 5.21. The second-order valence-corrected chi connectivity index (χ2v) is 29.6. The van der Waals surface area contributed by atoms with Crippen LogP contribution in [0.2, 0.25) is 0 Å². The number of ether oxygens (including phenoxy) is 4. The molecule has 0 aliphatic carbocycles. The van der Waals surface area contributed by atoms with Gasteiger partial charge in [-0.15, -0.1) is 0 Å². The monoisotopic (exact) mass is 1340 g/mol. The lowest BCUT2D eigenvalue weighted by Gasteiger charge is -2.21. The van der Waals surface area contributed by atoms with E-state index in [4.69, 9.17) is 37.0 Å². The number of phosphoric acid groups is 2. The van der Waals surface area contributed by atoms with Crippen LogP contribution in [0, 0.1) is 11.8 Å². The minimum absolute atomic E-state index is 0.104. The maximum Gasteiger partial charge on any atom is 0.472 e. The quantitative estimate of drug-likeness (QED) is 0.0222. The molecule has 0 spiro atoms. The minimum Gasteiger partial charge on any atom is -0.462 e. The van der Waals surface area contributed by atoms with E-state index in [1.54, 1.807) is 0 Å². The number of esters is 4. The van der Waals surface area contributed by atoms with Crippen LogP contribution in [0.5, 0.6) is 0 Å². The summed E-state index contributed by atoms with van der Waals surface area (Å²) in [5, 5.41) is 10.6. The van der Waals surface area contributed by atoms with E-state index in [-0.39, 0.29) is 25.7 Å². The first-order valence-corrected chi connectivity index (χ1v) is 40.5. The van der Waals surface area contributed by atoms with E-state index in [9.17, 15) is 43.2 Å². The molecule has 0 aliphatic rings. The number of hydrogen-bond donors (Lipinski definition) is 3. The van der Waals surface area contributed by atoms with Gasteiger partial charge in [-0.25, -0.2) is 9.13 Å². The number of aliphatic hydroxyl groups excluding tert-OH is 1. The van der Waals surface area contributed by atoms with Crippen LogP contribution >= 0.6 is 15.6 Å². The molecule has 0 fully saturated rings. The number of carbonyl (C=O) groups excluding carboxylic acids is 4. The Morgan fingerprint density at radius 1 is 0.319 bits per heavy atom. The minimum atomic E-state index is -4.95. The third-order valence-corrected chi connectivity index (χ3v) is 19.0. The number of aliphatic hydroxyl groups is 1. The molecule has 540 valence electrons. The zero-order valence-electron chi connectivity index (χ0n) is 59.1. The highest BCUT2D eigenvalue weighted by Gasteiger charge is 2.30. The highest BCUT2D eigenvalue weighted by Crippen LogP contribution is 2.45. The van der Waals surface area contributed by atoms with Gasteiger partial charge in [-0.2, -0.15) is 0 Å². The molecule has 0 rings (SSSR count). The van der Waals surface area contributed by atoms with Crippen molar-refractivity contribution in [3.63, 3.8) is 0 Å². The van der Waals surface area contributed by atoms with Crippen LogP contribution in [0.4, 0.5) is 0 Å². The van der Waals surface area contributed by atoms with Gasteiger partial charge in [-0.3, -0.25) is 37.3 Å². The molecule has 0 amide bonds. The molecule has 3 unspecified atom stereocenters. The highest BCUT2D eigenvalue weighted by molar-refractivity contribution is 7.47. The first-order chi connectivity index (χ1) is 43.9. The van der Waals surface area contributed by atoms with Gasteiger partial charge in [0.1, 0.15) is 19.3 Å². The van der Waals surface area contributed by atoms with Gasteiger partial charge in [0.2, 0.25) is 0 Å². The van der Waals surface area contributed by atoms with Crippen molar-refractivity contribution >= 4 is 39.5 Å². The molecule has 0 aromatic rings. The summed E-state index contributed by atoms with van der Waals surface area (Å²) < 4.78 is 68.3. The molecule has 19 heteroatoms. The van der Waals surface area contributed by atoms with E-state index in [1.807, 2.05) is 0 Å². The van der Waals surface area contributed by atoms with Crippen LogP contribution < -0.4 is 0 Å². The predicted molar refractivity (Wildman–Crippen MR) is 368 cm³/mol. The van der Waals surface area contributed by atoms with Gasteiger partial charge in [0.25, 0.3) is 0 Å². The fraction of sp³-hybridized carbons (Fsp3) is 0.944. The molecule has 91 heavy (non-hydrogen) atoms. The lowest BCUT2D eigenvalue weighted by atomic mass is 9.99. The van der Waals surface area contributed by atoms with Crippen molar-refractivity contribution in [2.24, 2.45) is 11.8 Å². The Hall–Kier alpha value is -1.94. The van der Waals surface area contributed by atoms with Crippen LogP contribution in [0.1, 0.15) is 369 Å². The molecule has 0 aliphatic heterocycles. The first kappa shape index (κ1) is 89.1. The fourth-order valence-corrected chi connectivity index (χ4v) is 12.5. The molecule has 6 atom stereocenters. The van der Waals surface area contributed by atoms with Crippen molar-refractivity contribution in [1.82, 2.24) is 0 Å². The smallest absolute Gasteiger partial charge is 0.462 e. The summed E-state index contributed by atoms with van der Waals surface area (Å²) >= 11 is 0. The number of rotatable bonds is 71. The van der Waals surface area contributed by atoms with E-state index in [0.29, 0.717) is 25.7 Å². The Morgan fingerprint density at radius 3 is 0.835 bits per heavy atom.